The Hall–Kier alpha value is -3.66. The molecule has 1 amide bonds. The van der Waals surface area contributed by atoms with Crippen molar-refractivity contribution in [2.45, 2.75) is 0 Å². The Morgan fingerprint density at radius 1 is 1.23 bits per heavy atom. The fourth-order valence-corrected chi connectivity index (χ4v) is 2.42. The highest BCUT2D eigenvalue weighted by Gasteiger charge is 2.15. The van der Waals surface area contributed by atoms with Gasteiger partial charge < -0.3 is 24.6 Å². The van der Waals surface area contributed by atoms with Crippen molar-refractivity contribution in [3.8, 4) is 29.1 Å². The van der Waals surface area contributed by atoms with Crippen molar-refractivity contribution in [2.75, 3.05) is 25.6 Å². The fraction of sp³-hybridized carbons (Fsp3) is 0.158. The molecule has 0 unspecified atom stereocenters. The average Bonchev–Trinajstić information content (AvgIpc) is 2.67. The van der Waals surface area contributed by atoms with Gasteiger partial charge in [0.2, 0.25) is 0 Å². The highest BCUT2D eigenvalue weighted by molar-refractivity contribution is 6.09. The minimum Gasteiger partial charge on any atom is -0.504 e. The van der Waals surface area contributed by atoms with Gasteiger partial charge in [-0.2, -0.15) is 5.26 Å². The largest absolute Gasteiger partial charge is 0.504 e. The third-order valence-electron chi connectivity index (χ3n) is 3.68. The van der Waals surface area contributed by atoms with Crippen LogP contribution in [0.2, 0.25) is 0 Å². The van der Waals surface area contributed by atoms with Crippen molar-refractivity contribution in [1.29, 1.82) is 5.26 Å². The van der Waals surface area contributed by atoms with Gasteiger partial charge in [-0.25, -0.2) is 0 Å². The second-order valence-electron chi connectivity index (χ2n) is 5.41. The van der Waals surface area contributed by atoms with Crippen LogP contribution in [-0.2, 0) is 4.79 Å². The smallest absolute Gasteiger partial charge is 0.266 e. The van der Waals surface area contributed by atoms with E-state index in [-0.39, 0.29) is 17.1 Å². The van der Waals surface area contributed by atoms with Gasteiger partial charge >= 0.3 is 0 Å². The highest BCUT2D eigenvalue weighted by Crippen LogP contribution is 2.33. The van der Waals surface area contributed by atoms with Crippen molar-refractivity contribution in [3.05, 3.63) is 47.5 Å². The van der Waals surface area contributed by atoms with E-state index in [1.54, 1.807) is 24.3 Å². The van der Waals surface area contributed by atoms with E-state index in [1.807, 2.05) is 6.07 Å². The van der Waals surface area contributed by atoms with Gasteiger partial charge in [-0.15, -0.1) is 0 Å². The molecule has 0 saturated carbocycles. The zero-order chi connectivity index (χ0) is 18.5. The monoisotopic (exact) mass is 352 g/mol. The lowest BCUT2D eigenvalue weighted by Gasteiger charge is -2.18. The van der Waals surface area contributed by atoms with Crippen LogP contribution in [0.25, 0.3) is 6.08 Å². The maximum atomic E-state index is 12.4. The van der Waals surface area contributed by atoms with Crippen LogP contribution in [0.15, 0.2) is 42.0 Å². The number of aromatic hydroxyl groups is 1. The molecule has 2 aromatic rings. The third kappa shape index (κ3) is 3.70. The van der Waals surface area contributed by atoms with Crippen LogP contribution < -0.4 is 19.5 Å². The van der Waals surface area contributed by atoms with Crippen LogP contribution in [0.1, 0.15) is 5.56 Å². The first-order valence-corrected chi connectivity index (χ1v) is 7.80. The number of rotatable bonds is 4. The summed E-state index contributed by atoms with van der Waals surface area (Å²) in [4.78, 5) is 12.4. The summed E-state index contributed by atoms with van der Waals surface area (Å²) in [5, 5.41) is 21.6. The van der Waals surface area contributed by atoms with Crippen molar-refractivity contribution in [3.63, 3.8) is 0 Å². The molecule has 1 heterocycles. The fourth-order valence-electron chi connectivity index (χ4n) is 2.42. The summed E-state index contributed by atoms with van der Waals surface area (Å²) in [6.07, 6.45) is 1.41. The molecule has 0 aromatic heterocycles. The molecule has 7 nitrogen and oxygen atoms in total. The molecule has 1 aliphatic rings. The highest BCUT2D eigenvalue weighted by atomic mass is 16.6. The topological polar surface area (TPSA) is 101 Å². The molecule has 132 valence electrons. The van der Waals surface area contributed by atoms with Crippen molar-refractivity contribution < 1.29 is 24.1 Å². The lowest BCUT2D eigenvalue weighted by Crippen LogP contribution is -2.17. The van der Waals surface area contributed by atoms with Gasteiger partial charge in [-0.3, -0.25) is 4.79 Å². The molecule has 0 radical (unpaired) electrons. The number of phenolic OH excluding ortho intramolecular Hbond substituents is 1. The number of methoxy groups -OCH3 is 1. The number of carbonyl (C=O) groups excluding carboxylic acids is 1. The Labute approximate surface area is 150 Å². The quantitative estimate of drug-likeness (QED) is 0.648. The van der Waals surface area contributed by atoms with Crippen LogP contribution in [0.5, 0.6) is 23.0 Å². The number of phenols is 1. The first-order valence-electron chi connectivity index (χ1n) is 7.80. The Balaban J connectivity index is 1.80. The summed E-state index contributed by atoms with van der Waals surface area (Å²) in [6.45, 7) is 0.923. The van der Waals surface area contributed by atoms with Gasteiger partial charge in [0.1, 0.15) is 24.9 Å². The molecule has 0 saturated heterocycles. The summed E-state index contributed by atoms with van der Waals surface area (Å²) in [6, 6.07) is 11.4. The Kier molecular flexibility index (Phi) is 4.94. The molecular formula is C19H16N2O5. The molecule has 1 aliphatic heterocycles. The number of nitrogens with one attached hydrogen (secondary N) is 1. The minimum atomic E-state index is -0.559. The Morgan fingerprint density at radius 2 is 2.00 bits per heavy atom. The number of carbonyl (C=O) groups is 1. The number of nitrogens with zero attached hydrogens (tertiary/aromatic N) is 1. The SMILES string of the molecule is COc1cc(C=C(C#N)C(=O)Nc2ccc3c(c2)OCCO3)ccc1O. The molecule has 0 spiro atoms. The maximum Gasteiger partial charge on any atom is 0.266 e. The number of hydrogen-bond acceptors (Lipinski definition) is 6. The van der Waals surface area contributed by atoms with E-state index >= 15 is 0 Å². The summed E-state index contributed by atoms with van der Waals surface area (Å²) in [5.41, 5.74) is 0.949. The predicted octanol–water partition coefficient (Wildman–Crippen LogP) is 2.72. The maximum absolute atomic E-state index is 12.4. The minimum absolute atomic E-state index is 0.0242. The number of nitriles is 1. The lowest BCUT2D eigenvalue weighted by molar-refractivity contribution is -0.112. The van der Waals surface area contributed by atoms with Gasteiger partial charge in [-0.1, -0.05) is 6.07 Å². The molecule has 26 heavy (non-hydrogen) atoms. The van der Waals surface area contributed by atoms with Crippen molar-refractivity contribution in [1.82, 2.24) is 0 Å². The molecule has 0 atom stereocenters. The van der Waals surface area contributed by atoms with Crippen molar-refractivity contribution in [2.24, 2.45) is 0 Å². The first-order chi connectivity index (χ1) is 12.6. The molecular weight excluding hydrogens is 336 g/mol. The van der Waals surface area contributed by atoms with Crippen LogP contribution in [0.3, 0.4) is 0 Å². The number of fused-ring (bicyclic) bond motifs is 1. The molecule has 0 aliphatic carbocycles. The van der Waals surface area contributed by atoms with E-state index in [2.05, 4.69) is 5.32 Å². The Morgan fingerprint density at radius 3 is 2.73 bits per heavy atom. The van der Waals surface area contributed by atoms with Gasteiger partial charge in [0, 0.05) is 11.8 Å². The standard InChI is InChI=1S/C19H16N2O5/c1-24-17-9-12(2-4-15(17)22)8-13(11-20)19(23)21-14-3-5-16-18(10-14)26-7-6-25-16/h2-5,8-10,22H,6-7H2,1H3,(H,21,23). The summed E-state index contributed by atoms with van der Waals surface area (Å²) in [7, 11) is 1.42. The third-order valence-corrected chi connectivity index (χ3v) is 3.68. The van der Waals surface area contributed by atoms with Gasteiger partial charge in [0.15, 0.2) is 23.0 Å². The van der Waals surface area contributed by atoms with E-state index in [4.69, 9.17) is 14.2 Å². The van der Waals surface area contributed by atoms with Crippen LogP contribution in [0, 0.1) is 11.3 Å². The van der Waals surface area contributed by atoms with Crippen LogP contribution >= 0.6 is 0 Å². The van der Waals surface area contributed by atoms with Crippen LogP contribution in [0.4, 0.5) is 5.69 Å². The number of anilines is 1. The zero-order valence-corrected chi connectivity index (χ0v) is 14.0. The molecule has 2 N–H and O–H groups in total. The Bertz CT molecular complexity index is 915. The lowest BCUT2D eigenvalue weighted by atomic mass is 10.1. The van der Waals surface area contributed by atoms with Gasteiger partial charge in [0.05, 0.1) is 7.11 Å². The van der Waals surface area contributed by atoms with Gasteiger partial charge in [-0.05, 0) is 35.9 Å². The molecule has 3 rings (SSSR count). The van der Waals surface area contributed by atoms with E-state index in [0.717, 1.165) is 0 Å². The average molecular weight is 352 g/mol. The predicted molar refractivity (Wildman–Crippen MR) is 94.3 cm³/mol. The van der Waals surface area contributed by atoms with E-state index < -0.39 is 5.91 Å². The number of amides is 1. The summed E-state index contributed by atoms with van der Waals surface area (Å²) < 4.78 is 15.9. The van der Waals surface area contributed by atoms with E-state index in [1.165, 1.54) is 25.3 Å². The van der Waals surface area contributed by atoms with Crippen LogP contribution in [-0.4, -0.2) is 31.3 Å². The first kappa shape index (κ1) is 17.2. The van der Waals surface area contributed by atoms with Gasteiger partial charge in [0.25, 0.3) is 5.91 Å². The number of benzene rings is 2. The molecule has 2 aromatic carbocycles. The number of ether oxygens (including phenoxy) is 3. The summed E-state index contributed by atoms with van der Waals surface area (Å²) in [5.74, 6) is 0.824. The zero-order valence-electron chi connectivity index (χ0n) is 14.0. The number of hydrogen-bond donors (Lipinski definition) is 2. The second kappa shape index (κ2) is 7.49. The van der Waals surface area contributed by atoms with E-state index in [0.29, 0.717) is 36.0 Å². The molecule has 7 heteroatoms. The van der Waals surface area contributed by atoms with E-state index in [9.17, 15) is 15.2 Å². The van der Waals surface area contributed by atoms with Crippen molar-refractivity contribution >= 4 is 17.7 Å². The molecule has 0 bridgehead atoms. The second-order valence-corrected chi connectivity index (χ2v) is 5.41. The molecule has 0 fully saturated rings. The summed E-state index contributed by atoms with van der Waals surface area (Å²) >= 11 is 0. The normalized spacial score (nSPS) is 12.8.